The van der Waals surface area contributed by atoms with Crippen LogP contribution in [0.5, 0.6) is 5.75 Å². The summed E-state index contributed by atoms with van der Waals surface area (Å²) in [5, 5.41) is 8.78. The van der Waals surface area contributed by atoms with Gasteiger partial charge >= 0.3 is 0 Å². The van der Waals surface area contributed by atoms with Gasteiger partial charge in [-0.05, 0) is 12.1 Å². The molecule has 2 rings (SSSR count). The summed E-state index contributed by atoms with van der Waals surface area (Å²) >= 11 is 0. The Morgan fingerprint density at radius 1 is 1.56 bits per heavy atom. The third-order valence-electron chi connectivity index (χ3n) is 3.16. The normalized spacial score (nSPS) is 20.9. The van der Waals surface area contributed by atoms with E-state index >= 15 is 0 Å². The lowest BCUT2D eigenvalue weighted by molar-refractivity contribution is 0.411. The van der Waals surface area contributed by atoms with Gasteiger partial charge in [0.1, 0.15) is 5.75 Å². The number of methoxy groups -OCH3 is 1. The molecule has 0 bridgehead atoms. The number of nitriles is 1. The third kappa shape index (κ3) is 1.91. The molecule has 0 N–H and O–H groups in total. The largest absolute Gasteiger partial charge is 0.495 e. The molecule has 1 aliphatic rings. The number of para-hydroxylation sites is 1. The van der Waals surface area contributed by atoms with E-state index in [1.807, 2.05) is 11.0 Å². The van der Waals surface area contributed by atoms with Crippen molar-refractivity contribution in [3.8, 4) is 11.8 Å². The van der Waals surface area contributed by atoms with Gasteiger partial charge < -0.3 is 9.64 Å². The summed E-state index contributed by atoms with van der Waals surface area (Å²) in [7, 11) is -0.0580. The first kappa shape index (κ1) is 12.7. The summed E-state index contributed by atoms with van der Waals surface area (Å²) in [5.74, 6) is 0.484. The zero-order chi connectivity index (χ0) is 13.3. The lowest BCUT2D eigenvalue weighted by Crippen LogP contribution is -2.42. The first-order valence-corrected chi connectivity index (χ1v) is 7.16. The van der Waals surface area contributed by atoms with Crippen molar-refractivity contribution in [3.63, 3.8) is 0 Å². The van der Waals surface area contributed by atoms with E-state index in [0.29, 0.717) is 11.4 Å². The maximum atomic E-state index is 12.2. The number of rotatable bonds is 2. The Kier molecular flexibility index (Phi) is 3.18. The smallest absolute Gasteiger partial charge is 0.182 e. The second-order valence-electron chi connectivity index (χ2n) is 4.22. The number of nitrogens with zero attached hydrogens (tertiary/aromatic N) is 2. The Morgan fingerprint density at radius 3 is 2.89 bits per heavy atom. The topological polar surface area (TPSA) is 70.4 Å². The van der Waals surface area contributed by atoms with Gasteiger partial charge in [0.15, 0.2) is 9.84 Å². The highest BCUT2D eigenvalue weighted by Crippen LogP contribution is 2.40. The minimum atomic E-state index is -3.35. The monoisotopic (exact) mass is 266 g/mol. The number of sulfone groups is 1. The van der Waals surface area contributed by atoms with E-state index in [-0.39, 0.29) is 23.1 Å². The summed E-state index contributed by atoms with van der Waals surface area (Å²) in [4.78, 5) is 2.09. The summed E-state index contributed by atoms with van der Waals surface area (Å²) in [6, 6.07) is 6.66. The Bertz CT molecular complexity index is 604. The van der Waals surface area contributed by atoms with E-state index in [0.717, 1.165) is 0 Å². The number of fused-ring (bicyclic) bond motifs is 1. The molecular formula is C12H14N2O3S. The first-order chi connectivity index (χ1) is 8.51. The molecule has 0 spiro atoms. The van der Waals surface area contributed by atoms with Crippen LogP contribution in [0.25, 0.3) is 0 Å². The highest BCUT2D eigenvalue weighted by Gasteiger charge is 2.35. The summed E-state index contributed by atoms with van der Waals surface area (Å²) in [6.45, 7) is 0. The van der Waals surface area contributed by atoms with Crippen LogP contribution in [0, 0.1) is 11.3 Å². The molecule has 0 fully saturated rings. The molecule has 1 aromatic rings. The van der Waals surface area contributed by atoms with Crippen LogP contribution in [0.1, 0.15) is 6.42 Å². The molecule has 1 aromatic carbocycles. The second-order valence-corrected chi connectivity index (χ2v) is 6.22. The average molecular weight is 266 g/mol. The fourth-order valence-electron chi connectivity index (χ4n) is 2.20. The van der Waals surface area contributed by atoms with Gasteiger partial charge in [0, 0.05) is 7.05 Å². The predicted octanol–water partition coefficient (Wildman–Crippen LogP) is 1.20. The maximum absolute atomic E-state index is 12.2. The number of ether oxygens (including phenoxy) is 1. The quantitative estimate of drug-likeness (QED) is 0.804. The molecule has 96 valence electrons. The van der Waals surface area contributed by atoms with Crippen LogP contribution < -0.4 is 9.64 Å². The van der Waals surface area contributed by atoms with Gasteiger partial charge in [-0.15, -0.1) is 0 Å². The molecule has 0 radical (unpaired) electrons. The Balaban J connectivity index is 2.64. The zero-order valence-electron chi connectivity index (χ0n) is 10.3. The van der Waals surface area contributed by atoms with E-state index in [9.17, 15) is 8.42 Å². The van der Waals surface area contributed by atoms with Crippen molar-refractivity contribution in [1.82, 2.24) is 0 Å². The molecule has 1 aliphatic heterocycles. The van der Waals surface area contributed by atoms with Crippen molar-refractivity contribution in [2.45, 2.75) is 17.4 Å². The van der Waals surface area contributed by atoms with E-state index < -0.39 is 9.84 Å². The van der Waals surface area contributed by atoms with Gasteiger partial charge in [0.2, 0.25) is 0 Å². The van der Waals surface area contributed by atoms with E-state index in [2.05, 4.69) is 0 Å². The molecule has 1 atom stereocenters. The second kappa shape index (κ2) is 4.50. The Labute approximate surface area is 107 Å². The number of hydrogen-bond acceptors (Lipinski definition) is 5. The van der Waals surface area contributed by atoms with Crippen LogP contribution in [-0.2, 0) is 9.84 Å². The standard InChI is InChI=1S/C12H14N2O3S/c1-14-9(6-7-13)8-18(15,16)11-5-3-4-10(17-2)12(11)14/h3-5,9H,6,8H2,1-2H3. The van der Waals surface area contributed by atoms with Gasteiger partial charge in [-0.2, -0.15) is 5.26 Å². The van der Waals surface area contributed by atoms with Gasteiger partial charge in [-0.25, -0.2) is 8.42 Å². The molecular weight excluding hydrogens is 252 g/mol. The SMILES string of the molecule is COc1cccc2c1N(C)C(CC#N)CS2(=O)=O. The minimum absolute atomic E-state index is 0.0305. The van der Waals surface area contributed by atoms with Crippen molar-refractivity contribution in [2.24, 2.45) is 0 Å². The van der Waals surface area contributed by atoms with Crippen molar-refractivity contribution in [3.05, 3.63) is 18.2 Å². The zero-order valence-corrected chi connectivity index (χ0v) is 11.1. The molecule has 0 amide bonds. The fourth-order valence-corrected chi connectivity index (χ4v) is 4.06. The average Bonchev–Trinajstić information content (AvgIpc) is 2.35. The van der Waals surface area contributed by atoms with Crippen LogP contribution in [0.15, 0.2) is 23.1 Å². The van der Waals surface area contributed by atoms with Crippen LogP contribution in [0.2, 0.25) is 0 Å². The van der Waals surface area contributed by atoms with Gasteiger partial charge in [-0.3, -0.25) is 0 Å². The van der Waals surface area contributed by atoms with Gasteiger partial charge in [-0.1, -0.05) is 6.07 Å². The highest BCUT2D eigenvalue weighted by atomic mass is 32.2. The first-order valence-electron chi connectivity index (χ1n) is 5.51. The van der Waals surface area contributed by atoms with Crippen molar-refractivity contribution >= 4 is 15.5 Å². The lowest BCUT2D eigenvalue weighted by Gasteiger charge is -2.35. The maximum Gasteiger partial charge on any atom is 0.182 e. The fraction of sp³-hybridized carbons (Fsp3) is 0.417. The number of hydrogen-bond donors (Lipinski definition) is 0. The van der Waals surface area contributed by atoms with Crippen LogP contribution in [0.4, 0.5) is 5.69 Å². The predicted molar refractivity (Wildman–Crippen MR) is 67.5 cm³/mol. The molecule has 18 heavy (non-hydrogen) atoms. The molecule has 1 unspecified atom stereocenters. The molecule has 1 heterocycles. The Hall–Kier alpha value is -1.74. The molecule has 0 aromatic heterocycles. The Morgan fingerprint density at radius 2 is 2.28 bits per heavy atom. The van der Waals surface area contributed by atoms with E-state index in [1.165, 1.54) is 7.11 Å². The lowest BCUT2D eigenvalue weighted by atomic mass is 10.1. The molecule has 6 heteroatoms. The number of benzene rings is 1. The summed E-state index contributed by atoms with van der Waals surface area (Å²) in [5.41, 5.74) is 0.548. The van der Waals surface area contributed by atoms with Crippen molar-refractivity contribution in [2.75, 3.05) is 24.8 Å². The summed E-state index contributed by atoms with van der Waals surface area (Å²) in [6.07, 6.45) is 0.174. The molecule has 5 nitrogen and oxygen atoms in total. The third-order valence-corrected chi connectivity index (χ3v) is 4.98. The molecule has 0 aliphatic carbocycles. The minimum Gasteiger partial charge on any atom is -0.495 e. The van der Waals surface area contributed by atoms with E-state index in [1.54, 1.807) is 25.2 Å². The molecule has 0 saturated heterocycles. The van der Waals surface area contributed by atoms with Crippen molar-refractivity contribution in [1.29, 1.82) is 5.26 Å². The van der Waals surface area contributed by atoms with Crippen LogP contribution in [0.3, 0.4) is 0 Å². The van der Waals surface area contributed by atoms with Crippen LogP contribution >= 0.6 is 0 Å². The molecule has 0 saturated carbocycles. The summed E-state index contributed by atoms with van der Waals surface area (Å²) < 4.78 is 29.6. The highest BCUT2D eigenvalue weighted by molar-refractivity contribution is 7.91. The van der Waals surface area contributed by atoms with E-state index in [4.69, 9.17) is 10.00 Å². The number of anilines is 1. The van der Waals surface area contributed by atoms with Gasteiger partial charge in [0.25, 0.3) is 0 Å². The van der Waals surface area contributed by atoms with Crippen molar-refractivity contribution < 1.29 is 13.2 Å². The van der Waals surface area contributed by atoms with Gasteiger partial charge in [0.05, 0.1) is 42.0 Å². The van der Waals surface area contributed by atoms with Crippen LogP contribution in [-0.4, -0.2) is 34.4 Å².